The van der Waals surface area contributed by atoms with Crippen molar-refractivity contribution >= 4 is 10.9 Å². The van der Waals surface area contributed by atoms with Crippen molar-refractivity contribution in [1.82, 2.24) is 9.78 Å². The van der Waals surface area contributed by atoms with Gasteiger partial charge in [-0.2, -0.15) is 5.10 Å². The largest absolute Gasteiger partial charge is 0.382 e. The third kappa shape index (κ3) is 3.00. The summed E-state index contributed by atoms with van der Waals surface area (Å²) in [6.45, 7) is -0.835. The predicted molar refractivity (Wildman–Crippen MR) is 101 cm³/mol. The van der Waals surface area contributed by atoms with E-state index in [-0.39, 0.29) is 6.42 Å². The SMILES string of the molecule is OC(CF)(Cc1ccc2c(cnn2-c2ccccc2)c1)c1ccccc1. The number of hydrogen-bond acceptors (Lipinski definition) is 2. The quantitative estimate of drug-likeness (QED) is 0.581. The second-order valence-corrected chi connectivity index (χ2v) is 6.49. The molecule has 0 fully saturated rings. The molecule has 0 amide bonds. The third-order valence-electron chi connectivity index (χ3n) is 4.66. The van der Waals surface area contributed by atoms with Crippen LogP contribution >= 0.6 is 0 Å². The molecular formula is C22H19FN2O. The Hall–Kier alpha value is -2.98. The Morgan fingerprint density at radius 3 is 2.31 bits per heavy atom. The van der Waals surface area contributed by atoms with Gasteiger partial charge in [-0.1, -0.05) is 54.6 Å². The van der Waals surface area contributed by atoms with Crippen LogP contribution in [0, 0.1) is 0 Å². The molecule has 0 saturated carbocycles. The lowest BCUT2D eigenvalue weighted by molar-refractivity contribution is 0.0113. The molecule has 0 aliphatic heterocycles. The van der Waals surface area contributed by atoms with E-state index in [2.05, 4.69) is 5.10 Å². The average Bonchev–Trinajstić information content (AvgIpc) is 3.12. The number of fused-ring (bicyclic) bond motifs is 1. The van der Waals surface area contributed by atoms with Gasteiger partial charge in [-0.3, -0.25) is 0 Å². The second-order valence-electron chi connectivity index (χ2n) is 6.49. The van der Waals surface area contributed by atoms with Gasteiger partial charge in [0.15, 0.2) is 0 Å². The van der Waals surface area contributed by atoms with E-state index >= 15 is 0 Å². The van der Waals surface area contributed by atoms with Crippen molar-refractivity contribution in [2.75, 3.05) is 6.67 Å². The fraction of sp³-hybridized carbons (Fsp3) is 0.136. The van der Waals surface area contributed by atoms with Crippen LogP contribution in [0.2, 0.25) is 0 Å². The van der Waals surface area contributed by atoms with Gasteiger partial charge in [0.25, 0.3) is 0 Å². The minimum absolute atomic E-state index is 0.208. The molecule has 1 atom stereocenters. The van der Waals surface area contributed by atoms with Gasteiger partial charge in [-0.25, -0.2) is 9.07 Å². The lowest BCUT2D eigenvalue weighted by atomic mass is 9.88. The molecule has 1 aromatic heterocycles. The van der Waals surface area contributed by atoms with Crippen LogP contribution in [0.3, 0.4) is 0 Å². The number of nitrogens with zero attached hydrogens (tertiary/aromatic N) is 2. The number of benzene rings is 3. The lowest BCUT2D eigenvalue weighted by Crippen LogP contribution is -2.31. The molecule has 4 aromatic rings. The van der Waals surface area contributed by atoms with Crippen LogP contribution in [0.5, 0.6) is 0 Å². The molecule has 4 rings (SSSR count). The molecule has 1 heterocycles. The van der Waals surface area contributed by atoms with Gasteiger partial charge in [-0.15, -0.1) is 0 Å². The van der Waals surface area contributed by atoms with Crippen LogP contribution < -0.4 is 0 Å². The summed E-state index contributed by atoms with van der Waals surface area (Å²) in [6.07, 6.45) is 2.00. The zero-order chi connectivity index (χ0) is 18.0. The Bertz CT molecular complexity index is 1010. The summed E-state index contributed by atoms with van der Waals surface area (Å²) in [5, 5.41) is 16.2. The van der Waals surface area contributed by atoms with E-state index in [9.17, 15) is 9.50 Å². The minimum atomic E-state index is -1.52. The smallest absolute Gasteiger partial charge is 0.123 e. The minimum Gasteiger partial charge on any atom is -0.382 e. The second kappa shape index (κ2) is 6.73. The summed E-state index contributed by atoms with van der Waals surface area (Å²) in [6, 6.07) is 24.7. The highest BCUT2D eigenvalue weighted by molar-refractivity contribution is 5.81. The Morgan fingerprint density at radius 2 is 1.62 bits per heavy atom. The molecule has 0 radical (unpaired) electrons. The van der Waals surface area contributed by atoms with Crippen LogP contribution in [0.4, 0.5) is 4.39 Å². The molecule has 0 aliphatic rings. The van der Waals surface area contributed by atoms with Gasteiger partial charge in [0.2, 0.25) is 0 Å². The van der Waals surface area contributed by atoms with Gasteiger partial charge in [0, 0.05) is 11.8 Å². The molecule has 130 valence electrons. The van der Waals surface area contributed by atoms with Crippen LogP contribution in [0.15, 0.2) is 85.1 Å². The summed E-state index contributed by atoms with van der Waals surface area (Å²) in [5.41, 5.74) is 1.89. The van der Waals surface area contributed by atoms with Crippen molar-refractivity contribution in [3.63, 3.8) is 0 Å². The van der Waals surface area contributed by atoms with Gasteiger partial charge in [-0.05, 0) is 35.4 Å². The Labute approximate surface area is 151 Å². The first-order chi connectivity index (χ1) is 12.7. The summed E-state index contributed by atoms with van der Waals surface area (Å²) in [7, 11) is 0. The average molecular weight is 346 g/mol. The molecule has 26 heavy (non-hydrogen) atoms. The summed E-state index contributed by atoms with van der Waals surface area (Å²) < 4.78 is 15.6. The number of aliphatic hydroxyl groups is 1. The van der Waals surface area contributed by atoms with Gasteiger partial charge in [0.1, 0.15) is 12.3 Å². The lowest BCUT2D eigenvalue weighted by Gasteiger charge is -2.25. The number of para-hydroxylation sites is 1. The molecule has 1 unspecified atom stereocenters. The van der Waals surface area contributed by atoms with E-state index in [4.69, 9.17) is 0 Å². The molecule has 4 heteroatoms. The summed E-state index contributed by atoms with van der Waals surface area (Å²) in [5.74, 6) is 0. The predicted octanol–water partition coefficient (Wildman–Crippen LogP) is 4.43. The van der Waals surface area contributed by atoms with Gasteiger partial charge >= 0.3 is 0 Å². The summed E-state index contributed by atoms with van der Waals surface area (Å²) in [4.78, 5) is 0. The number of alkyl halides is 1. The molecule has 0 spiro atoms. The zero-order valence-corrected chi connectivity index (χ0v) is 14.2. The Kier molecular flexibility index (Phi) is 4.27. The standard InChI is InChI=1S/C22H19FN2O/c23-16-22(26,19-7-3-1-4-8-19)14-17-11-12-21-18(13-17)15-24-25(21)20-9-5-2-6-10-20/h1-13,15,26H,14,16H2. The van der Waals surface area contributed by atoms with Gasteiger partial charge < -0.3 is 5.11 Å². The number of aromatic nitrogens is 2. The summed E-state index contributed by atoms with van der Waals surface area (Å²) >= 11 is 0. The first-order valence-electron chi connectivity index (χ1n) is 8.56. The Balaban J connectivity index is 1.68. The highest BCUT2D eigenvalue weighted by Crippen LogP contribution is 2.28. The zero-order valence-electron chi connectivity index (χ0n) is 14.2. The number of hydrogen-bond donors (Lipinski definition) is 1. The fourth-order valence-electron chi connectivity index (χ4n) is 3.28. The maximum atomic E-state index is 13.7. The topological polar surface area (TPSA) is 38.1 Å². The van der Waals surface area contributed by atoms with Crippen LogP contribution in [0.25, 0.3) is 16.6 Å². The molecule has 0 aliphatic carbocycles. The normalized spacial score (nSPS) is 13.6. The molecule has 3 aromatic carbocycles. The maximum absolute atomic E-state index is 13.7. The van der Waals surface area contributed by atoms with Crippen LogP contribution in [-0.4, -0.2) is 21.6 Å². The van der Waals surface area contributed by atoms with Crippen molar-refractivity contribution in [3.05, 3.63) is 96.2 Å². The fourth-order valence-corrected chi connectivity index (χ4v) is 3.28. The molecule has 0 saturated heterocycles. The number of halogens is 1. The van der Waals surface area contributed by atoms with E-state index in [0.29, 0.717) is 5.56 Å². The third-order valence-corrected chi connectivity index (χ3v) is 4.66. The van der Waals surface area contributed by atoms with E-state index in [0.717, 1.165) is 22.2 Å². The van der Waals surface area contributed by atoms with E-state index in [1.54, 1.807) is 18.3 Å². The molecular weight excluding hydrogens is 327 g/mol. The Morgan fingerprint density at radius 1 is 0.923 bits per heavy atom. The van der Waals surface area contributed by atoms with Crippen LogP contribution in [0.1, 0.15) is 11.1 Å². The van der Waals surface area contributed by atoms with Crippen molar-refractivity contribution in [2.45, 2.75) is 12.0 Å². The highest BCUT2D eigenvalue weighted by atomic mass is 19.1. The highest BCUT2D eigenvalue weighted by Gasteiger charge is 2.29. The number of rotatable bonds is 5. The monoisotopic (exact) mass is 346 g/mol. The molecule has 0 bridgehead atoms. The van der Waals surface area contributed by atoms with E-state index in [1.807, 2.05) is 71.4 Å². The van der Waals surface area contributed by atoms with Crippen molar-refractivity contribution in [2.24, 2.45) is 0 Å². The van der Waals surface area contributed by atoms with E-state index in [1.165, 1.54) is 0 Å². The van der Waals surface area contributed by atoms with E-state index < -0.39 is 12.3 Å². The van der Waals surface area contributed by atoms with Gasteiger partial charge in [0.05, 0.1) is 17.4 Å². The molecule has 3 nitrogen and oxygen atoms in total. The first-order valence-corrected chi connectivity index (χ1v) is 8.56. The first kappa shape index (κ1) is 16.5. The van der Waals surface area contributed by atoms with Crippen molar-refractivity contribution < 1.29 is 9.50 Å². The van der Waals surface area contributed by atoms with Crippen molar-refractivity contribution in [1.29, 1.82) is 0 Å². The maximum Gasteiger partial charge on any atom is 0.123 e. The molecule has 1 N–H and O–H groups in total. The van der Waals surface area contributed by atoms with Crippen molar-refractivity contribution in [3.8, 4) is 5.69 Å². The van der Waals surface area contributed by atoms with Crippen LogP contribution in [-0.2, 0) is 12.0 Å².